The molecule has 2 N–H and O–H groups in total. The van der Waals surface area contributed by atoms with Crippen LogP contribution in [0.25, 0.3) is 0 Å². The molecule has 0 aliphatic carbocycles. The van der Waals surface area contributed by atoms with Crippen LogP contribution in [0.4, 0.5) is 0 Å². The van der Waals surface area contributed by atoms with Crippen LogP contribution in [0.15, 0.2) is 53.6 Å². The van der Waals surface area contributed by atoms with Gasteiger partial charge in [-0.1, -0.05) is 29.8 Å². The SMILES string of the molecule is O=C(N/N=C/c1ccc(Cl)cc1)c1cccc(O)c1. The Morgan fingerprint density at radius 1 is 1.21 bits per heavy atom. The summed E-state index contributed by atoms with van der Waals surface area (Å²) >= 11 is 5.75. The predicted octanol–water partition coefficient (Wildman–Crippen LogP) is 2.81. The number of carbonyl (C=O) groups is 1. The van der Waals surface area contributed by atoms with Crippen molar-refractivity contribution >= 4 is 23.7 Å². The molecule has 0 aromatic heterocycles. The number of phenolic OH excluding ortho intramolecular Hbond substituents is 1. The molecule has 0 aliphatic heterocycles. The first kappa shape index (κ1) is 13.1. The maximum absolute atomic E-state index is 11.7. The summed E-state index contributed by atoms with van der Waals surface area (Å²) < 4.78 is 0. The van der Waals surface area contributed by atoms with Crippen molar-refractivity contribution in [1.29, 1.82) is 0 Å². The third-order valence-electron chi connectivity index (χ3n) is 2.36. The number of rotatable bonds is 3. The van der Waals surface area contributed by atoms with Gasteiger partial charge in [0.05, 0.1) is 6.21 Å². The summed E-state index contributed by atoms with van der Waals surface area (Å²) in [6, 6.07) is 13.1. The molecule has 2 aromatic rings. The highest BCUT2D eigenvalue weighted by atomic mass is 35.5. The molecule has 2 aromatic carbocycles. The molecule has 0 atom stereocenters. The minimum Gasteiger partial charge on any atom is -0.508 e. The minimum absolute atomic E-state index is 0.0364. The molecule has 0 bridgehead atoms. The zero-order valence-electron chi connectivity index (χ0n) is 9.88. The van der Waals surface area contributed by atoms with Gasteiger partial charge in [0.15, 0.2) is 0 Å². The van der Waals surface area contributed by atoms with Gasteiger partial charge in [0.1, 0.15) is 5.75 Å². The normalized spacial score (nSPS) is 10.6. The maximum atomic E-state index is 11.7. The number of amides is 1. The van der Waals surface area contributed by atoms with Crippen LogP contribution in [-0.4, -0.2) is 17.2 Å². The number of aromatic hydroxyl groups is 1. The second-order valence-corrected chi connectivity index (χ2v) is 4.24. The molecule has 0 saturated carbocycles. The van der Waals surface area contributed by atoms with Crippen molar-refractivity contribution in [3.8, 4) is 5.75 Å². The van der Waals surface area contributed by atoms with Crippen LogP contribution in [-0.2, 0) is 0 Å². The van der Waals surface area contributed by atoms with E-state index >= 15 is 0 Å². The zero-order chi connectivity index (χ0) is 13.7. The average molecular weight is 275 g/mol. The molecule has 0 aliphatic rings. The van der Waals surface area contributed by atoms with Gasteiger partial charge < -0.3 is 5.11 Å². The number of hydrazone groups is 1. The Bertz CT molecular complexity index is 609. The quantitative estimate of drug-likeness (QED) is 0.668. The van der Waals surface area contributed by atoms with E-state index in [4.69, 9.17) is 11.6 Å². The van der Waals surface area contributed by atoms with E-state index in [0.29, 0.717) is 10.6 Å². The zero-order valence-corrected chi connectivity index (χ0v) is 10.6. The molecular formula is C14H11ClN2O2. The van der Waals surface area contributed by atoms with Crippen molar-refractivity contribution in [2.75, 3.05) is 0 Å². The Labute approximate surface area is 115 Å². The van der Waals surface area contributed by atoms with E-state index in [9.17, 15) is 9.90 Å². The van der Waals surface area contributed by atoms with E-state index in [1.54, 1.807) is 36.4 Å². The summed E-state index contributed by atoms with van der Waals surface area (Å²) in [7, 11) is 0. The molecule has 19 heavy (non-hydrogen) atoms. The van der Waals surface area contributed by atoms with Crippen LogP contribution < -0.4 is 5.43 Å². The maximum Gasteiger partial charge on any atom is 0.271 e. The number of hydrogen-bond acceptors (Lipinski definition) is 3. The van der Waals surface area contributed by atoms with Gasteiger partial charge in [0, 0.05) is 10.6 Å². The molecule has 0 fully saturated rings. The lowest BCUT2D eigenvalue weighted by Gasteiger charge is -2.00. The molecule has 1 amide bonds. The smallest absolute Gasteiger partial charge is 0.271 e. The predicted molar refractivity (Wildman–Crippen MR) is 74.6 cm³/mol. The number of halogens is 1. The summed E-state index contributed by atoms with van der Waals surface area (Å²) in [6.07, 6.45) is 1.51. The first-order valence-corrected chi connectivity index (χ1v) is 5.91. The van der Waals surface area contributed by atoms with Crippen LogP contribution >= 0.6 is 11.6 Å². The molecule has 96 valence electrons. The molecule has 0 heterocycles. The molecular weight excluding hydrogens is 264 g/mol. The van der Waals surface area contributed by atoms with E-state index in [-0.39, 0.29) is 11.7 Å². The minimum atomic E-state index is -0.388. The van der Waals surface area contributed by atoms with Crippen molar-refractivity contribution in [3.63, 3.8) is 0 Å². The second kappa shape index (κ2) is 6.02. The monoisotopic (exact) mass is 274 g/mol. The van der Waals surface area contributed by atoms with Gasteiger partial charge in [-0.05, 0) is 35.9 Å². The third-order valence-corrected chi connectivity index (χ3v) is 2.61. The van der Waals surface area contributed by atoms with E-state index in [2.05, 4.69) is 10.5 Å². The van der Waals surface area contributed by atoms with E-state index in [1.165, 1.54) is 18.3 Å². The molecule has 4 nitrogen and oxygen atoms in total. The van der Waals surface area contributed by atoms with Gasteiger partial charge in [-0.15, -0.1) is 0 Å². The standard InChI is InChI=1S/C14H11ClN2O2/c15-12-6-4-10(5-7-12)9-16-17-14(19)11-2-1-3-13(18)8-11/h1-9,18H,(H,17,19)/b16-9+. The number of nitrogens with zero attached hydrogens (tertiary/aromatic N) is 1. The highest BCUT2D eigenvalue weighted by Gasteiger charge is 2.03. The number of nitrogens with one attached hydrogen (secondary N) is 1. The Hall–Kier alpha value is -2.33. The van der Waals surface area contributed by atoms with Crippen LogP contribution in [0.2, 0.25) is 5.02 Å². The number of benzene rings is 2. The molecule has 5 heteroatoms. The van der Waals surface area contributed by atoms with Gasteiger partial charge in [-0.2, -0.15) is 5.10 Å². The summed E-state index contributed by atoms with van der Waals surface area (Å²) in [6.45, 7) is 0. The van der Waals surface area contributed by atoms with Crippen LogP contribution in [0.5, 0.6) is 5.75 Å². The van der Waals surface area contributed by atoms with Crippen molar-refractivity contribution in [2.45, 2.75) is 0 Å². The molecule has 0 unspecified atom stereocenters. The third kappa shape index (κ3) is 3.82. The highest BCUT2D eigenvalue weighted by Crippen LogP contribution is 2.10. The van der Waals surface area contributed by atoms with Crippen molar-refractivity contribution in [2.24, 2.45) is 5.10 Å². The summed E-state index contributed by atoms with van der Waals surface area (Å²) in [5, 5.41) is 13.7. The molecule has 0 radical (unpaired) electrons. The largest absolute Gasteiger partial charge is 0.508 e. The molecule has 2 rings (SSSR count). The van der Waals surface area contributed by atoms with Gasteiger partial charge in [0.25, 0.3) is 5.91 Å². The fourth-order valence-electron chi connectivity index (χ4n) is 1.43. The van der Waals surface area contributed by atoms with Crippen molar-refractivity contribution in [1.82, 2.24) is 5.43 Å². The fraction of sp³-hybridized carbons (Fsp3) is 0. The molecule has 0 saturated heterocycles. The lowest BCUT2D eigenvalue weighted by Crippen LogP contribution is -2.17. The Balaban J connectivity index is 1.98. The van der Waals surface area contributed by atoms with Gasteiger partial charge >= 0.3 is 0 Å². The average Bonchev–Trinajstić information content (AvgIpc) is 2.41. The Morgan fingerprint density at radius 2 is 1.95 bits per heavy atom. The lowest BCUT2D eigenvalue weighted by atomic mass is 10.2. The molecule has 0 spiro atoms. The number of carbonyl (C=O) groups excluding carboxylic acids is 1. The Kier molecular flexibility index (Phi) is 4.15. The van der Waals surface area contributed by atoms with E-state index in [0.717, 1.165) is 5.56 Å². The fourth-order valence-corrected chi connectivity index (χ4v) is 1.55. The van der Waals surface area contributed by atoms with Gasteiger partial charge in [0.2, 0.25) is 0 Å². The lowest BCUT2D eigenvalue weighted by molar-refractivity contribution is 0.0954. The van der Waals surface area contributed by atoms with Crippen LogP contribution in [0.3, 0.4) is 0 Å². The van der Waals surface area contributed by atoms with Crippen LogP contribution in [0, 0.1) is 0 Å². The van der Waals surface area contributed by atoms with E-state index in [1.807, 2.05) is 0 Å². The summed E-state index contributed by atoms with van der Waals surface area (Å²) in [5.74, 6) is -0.351. The van der Waals surface area contributed by atoms with E-state index < -0.39 is 0 Å². The number of phenols is 1. The first-order chi connectivity index (χ1) is 9.15. The highest BCUT2D eigenvalue weighted by molar-refractivity contribution is 6.30. The van der Waals surface area contributed by atoms with Crippen molar-refractivity contribution < 1.29 is 9.90 Å². The topological polar surface area (TPSA) is 61.7 Å². The first-order valence-electron chi connectivity index (χ1n) is 5.53. The summed E-state index contributed by atoms with van der Waals surface area (Å²) in [4.78, 5) is 11.7. The Morgan fingerprint density at radius 3 is 2.63 bits per heavy atom. The van der Waals surface area contributed by atoms with Gasteiger partial charge in [-0.25, -0.2) is 5.43 Å². The van der Waals surface area contributed by atoms with Gasteiger partial charge in [-0.3, -0.25) is 4.79 Å². The second-order valence-electron chi connectivity index (χ2n) is 3.80. The van der Waals surface area contributed by atoms with Crippen LogP contribution in [0.1, 0.15) is 15.9 Å². The van der Waals surface area contributed by atoms with Crippen molar-refractivity contribution in [3.05, 3.63) is 64.7 Å². The summed E-state index contributed by atoms with van der Waals surface area (Å²) in [5.41, 5.74) is 3.54. The number of hydrogen-bond donors (Lipinski definition) is 2.